The Morgan fingerprint density at radius 3 is 2.41 bits per heavy atom. The zero-order chi connectivity index (χ0) is 13.2. The Morgan fingerprint density at radius 2 is 2.00 bits per heavy atom. The Labute approximate surface area is 101 Å². The number of rotatable bonds is 5. The van der Waals surface area contributed by atoms with Crippen molar-refractivity contribution in [2.75, 3.05) is 0 Å². The number of Topliss-reactive ketones (excluding diaryl/α,β-unsaturated/α-hetero) is 1. The molecule has 0 saturated carbocycles. The zero-order valence-electron chi connectivity index (χ0n) is 10.8. The maximum atomic E-state index is 11.3. The molecule has 0 radical (unpaired) electrons. The lowest BCUT2D eigenvalue weighted by molar-refractivity contribution is 0.0682. The number of ketones is 1. The van der Waals surface area contributed by atoms with Crippen LogP contribution in [-0.4, -0.2) is 21.4 Å². The fraction of sp³-hybridized carbons (Fsp3) is 0.538. The molecule has 0 amide bonds. The van der Waals surface area contributed by atoms with Gasteiger partial charge < -0.3 is 9.67 Å². The van der Waals surface area contributed by atoms with Gasteiger partial charge in [-0.25, -0.2) is 4.79 Å². The maximum absolute atomic E-state index is 11.3. The average Bonchev–Trinajstić information content (AvgIpc) is 2.61. The van der Waals surface area contributed by atoms with Gasteiger partial charge in [0.25, 0.3) is 0 Å². The molecule has 1 rings (SSSR count). The van der Waals surface area contributed by atoms with Gasteiger partial charge in [0.2, 0.25) is 0 Å². The first-order valence-electron chi connectivity index (χ1n) is 5.71. The number of carboxylic acid groups (broad SMARTS) is 1. The van der Waals surface area contributed by atoms with Crippen LogP contribution in [0.2, 0.25) is 0 Å². The van der Waals surface area contributed by atoms with E-state index in [0.29, 0.717) is 12.1 Å². The molecule has 0 aliphatic carbocycles. The lowest BCUT2D eigenvalue weighted by Gasteiger charge is -2.24. The van der Waals surface area contributed by atoms with E-state index in [4.69, 9.17) is 5.11 Å². The van der Waals surface area contributed by atoms with Gasteiger partial charge in [-0.15, -0.1) is 0 Å². The lowest BCUT2D eigenvalue weighted by atomic mass is 9.90. The smallest absolute Gasteiger partial charge is 0.352 e. The van der Waals surface area contributed by atoms with Crippen molar-refractivity contribution in [3.05, 3.63) is 23.5 Å². The molecule has 0 fully saturated rings. The summed E-state index contributed by atoms with van der Waals surface area (Å²) in [5.74, 6) is -1.11. The van der Waals surface area contributed by atoms with E-state index in [1.807, 2.05) is 0 Å². The number of hydrogen-bond acceptors (Lipinski definition) is 2. The predicted octanol–water partition coefficient (Wildman–Crippen LogP) is 2.83. The third kappa shape index (κ3) is 3.19. The minimum atomic E-state index is -0.996. The average molecular weight is 237 g/mol. The number of aromatic nitrogens is 1. The van der Waals surface area contributed by atoms with Crippen molar-refractivity contribution in [3.63, 3.8) is 0 Å². The van der Waals surface area contributed by atoms with Crippen LogP contribution in [0.1, 0.15) is 55.0 Å². The van der Waals surface area contributed by atoms with E-state index in [9.17, 15) is 9.59 Å². The highest BCUT2D eigenvalue weighted by molar-refractivity contribution is 5.97. The van der Waals surface area contributed by atoms with Gasteiger partial charge in [0.15, 0.2) is 5.78 Å². The van der Waals surface area contributed by atoms with Gasteiger partial charge in [-0.2, -0.15) is 0 Å². The molecule has 0 atom stereocenters. The molecule has 0 unspecified atom stereocenters. The molecule has 4 heteroatoms. The van der Waals surface area contributed by atoms with Gasteiger partial charge >= 0.3 is 5.97 Å². The van der Waals surface area contributed by atoms with Crippen molar-refractivity contribution in [2.24, 2.45) is 5.41 Å². The van der Waals surface area contributed by atoms with Crippen LogP contribution in [-0.2, 0) is 6.54 Å². The molecule has 1 aromatic heterocycles. The molecule has 0 aliphatic heterocycles. The molecular formula is C13H19NO3. The Morgan fingerprint density at radius 1 is 1.41 bits per heavy atom. The lowest BCUT2D eigenvalue weighted by Crippen LogP contribution is -2.20. The fourth-order valence-corrected chi connectivity index (χ4v) is 1.59. The van der Waals surface area contributed by atoms with Gasteiger partial charge in [0, 0.05) is 18.3 Å². The summed E-state index contributed by atoms with van der Waals surface area (Å²) in [6.45, 7) is 8.25. The van der Waals surface area contributed by atoms with Crippen LogP contribution in [0, 0.1) is 5.41 Å². The summed E-state index contributed by atoms with van der Waals surface area (Å²) in [5, 5.41) is 9.10. The summed E-state index contributed by atoms with van der Waals surface area (Å²) in [6, 6.07) is 1.44. The van der Waals surface area contributed by atoms with E-state index in [1.54, 1.807) is 10.8 Å². The minimum Gasteiger partial charge on any atom is -0.477 e. The predicted molar refractivity (Wildman–Crippen MR) is 65.5 cm³/mol. The molecule has 0 spiro atoms. The molecule has 0 bridgehead atoms. The largest absolute Gasteiger partial charge is 0.477 e. The van der Waals surface area contributed by atoms with E-state index >= 15 is 0 Å². The van der Waals surface area contributed by atoms with Crippen molar-refractivity contribution >= 4 is 11.8 Å². The molecule has 0 aliphatic rings. The fourth-order valence-electron chi connectivity index (χ4n) is 1.59. The van der Waals surface area contributed by atoms with Crippen LogP contribution >= 0.6 is 0 Å². The summed E-state index contributed by atoms with van der Waals surface area (Å²) in [4.78, 5) is 22.4. The number of carbonyl (C=O) groups excluding carboxylic acids is 1. The second kappa shape index (κ2) is 4.73. The van der Waals surface area contributed by atoms with Crippen LogP contribution < -0.4 is 0 Å². The molecule has 17 heavy (non-hydrogen) atoms. The Hall–Kier alpha value is -1.58. The van der Waals surface area contributed by atoms with Gasteiger partial charge in [0.1, 0.15) is 5.69 Å². The SMILES string of the molecule is CCC(C)(C)Cn1cc(C(C)=O)cc1C(=O)O. The van der Waals surface area contributed by atoms with Crippen LogP contribution in [0.5, 0.6) is 0 Å². The van der Waals surface area contributed by atoms with Gasteiger partial charge in [0.05, 0.1) is 0 Å². The topological polar surface area (TPSA) is 59.3 Å². The third-order valence-electron chi connectivity index (χ3n) is 3.08. The van der Waals surface area contributed by atoms with E-state index < -0.39 is 5.97 Å². The first-order valence-corrected chi connectivity index (χ1v) is 5.71. The first-order chi connectivity index (χ1) is 7.76. The number of carboxylic acids is 1. The molecule has 1 heterocycles. The van der Waals surface area contributed by atoms with Crippen molar-refractivity contribution in [1.29, 1.82) is 0 Å². The highest BCUT2D eigenvalue weighted by Gasteiger charge is 2.21. The second-order valence-electron chi connectivity index (χ2n) is 5.12. The van der Waals surface area contributed by atoms with Crippen molar-refractivity contribution in [2.45, 2.75) is 40.7 Å². The number of nitrogens with zero attached hydrogens (tertiary/aromatic N) is 1. The van der Waals surface area contributed by atoms with E-state index in [0.717, 1.165) is 6.42 Å². The molecule has 0 saturated heterocycles. The summed E-state index contributed by atoms with van der Waals surface area (Å²) in [6.07, 6.45) is 2.57. The van der Waals surface area contributed by atoms with Crippen molar-refractivity contribution < 1.29 is 14.7 Å². The van der Waals surface area contributed by atoms with Crippen molar-refractivity contribution in [3.8, 4) is 0 Å². The minimum absolute atomic E-state index is 0.0112. The highest BCUT2D eigenvalue weighted by Crippen LogP contribution is 2.24. The number of carbonyl (C=O) groups is 2. The van der Waals surface area contributed by atoms with Crippen molar-refractivity contribution in [1.82, 2.24) is 4.57 Å². The summed E-state index contributed by atoms with van der Waals surface area (Å²) >= 11 is 0. The van der Waals surface area contributed by atoms with Crippen LogP contribution in [0.25, 0.3) is 0 Å². The molecule has 1 aromatic rings. The van der Waals surface area contributed by atoms with Crippen LogP contribution in [0.4, 0.5) is 0 Å². The molecule has 1 N–H and O–H groups in total. The Bertz CT molecular complexity index is 444. The summed E-state index contributed by atoms with van der Waals surface area (Å²) in [7, 11) is 0. The maximum Gasteiger partial charge on any atom is 0.352 e. The third-order valence-corrected chi connectivity index (χ3v) is 3.08. The van der Waals surface area contributed by atoms with E-state index in [1.165, 1.54) is 13.0 Å². The van der Waals surface area contributed by atoms with Gasteiger partial charge in [-0.1, -0.05) is 20.8 Å². The second-order valence-corrected chi connectivity index (χ2v) is 5.12. The van der Waals surface area contributed by atoms with E-state index in [-0.39, 0.29) is 16.9 Å². The normalized spacial score (nSPS) is 11.5. The van der Waals surface area contributed by atoms with Gasteiger partial charge in [-0.3, -0.25) is 4.79 Å². The number of hydrogen-bond donors (Lipinski definition) is 1. The Balaban J connectivity index is 3.13. The van der Waals surface area contributed by atoms with Gasteiger partial charge in [-0.05, 0) is 24.8 Å². The quantitative estimate of drug-likeness (QED) is 0.801. The first kappa shape index (κ1) is 13.5. The van der Waals surface area contributed by atoms with Crippen LogP contribution in [0.3, 0.4) is 0 Å². The molecule has 94 valence electrons. The monoisotopic (exact) mass is 237 g/mol. The van der Waals surface area contributed by atoms with Crippen LogP contribution in [0.15, 0.2) is 12.3 Å². The molecule has 4 nitrogen and oxygen atoms in total. The summed E-state index contributed by atoms with van der Waals surface area (Å²) < 4.78 is 1.66. The number of aromatic carboxylic acids is 1. The highest BCUT2D eigenvalue weighted by atomic mass is 16.4. The van der Waals surface area contributed by atoms with E-state index in [2.05, 4.69) is 20.8 Å². The summed E-state index contributed by atoms with van der Waals surface area (Å²) in [5.41, 5.74) is 0.642. The molecule has 0 aromatic carbocycles. The standard InChI is InChI=1S/C13H19NO3/c1-5-13(3,4)8-14-7-10(9(2)15)6-11(14)12(16)17/h6-7H,5,8H2,1-4H3,(H,16,17). The Kier molecular flexibility index (Phi) is 3.76. The molecular weight excluding hydrogens is 218 g/mol. The zero-order valence-corrected chi connectivity index (χ0v) is 10.8.